The molecule has 0 aliphatic heterocycles. The minimum Gasteiger partial charge on any atom is -0.350 e. The Kier molecular flexibility index (Phi) is 5.49. The van der Waals surface area contributed by atoms with E-state index in [0.29, 0.717) is 5.92 Å². The average Bonchev–Trinajstić information content (AvgIpc) is 2.64. The molecule has 1 heterocycles. The average molecular weight is 304 g/mol. The molecule has 2 atom stereocenters. The van der Waals surface area contributed by atoms with Gasteiger partial charge in [-0.1, -0.05) is 20.3 Å². The van der Waals surface area contributed by atoms with E-state index in [2.05, 4.69) is 42.0 Å². The molecule has 0 saturated carbocycles. The maximum absolute atomic E-state index is 11.8. The van der Waals surface area contributed by atoms with E-state index in [1.807, 2.05) is 11.4 Å². The van der Waals surface area contributed by atoms with Crippen LogP contribution in [0.3, 0.4) is 0 Å². The lowest BCUT2D eigenvalue weighted by atomic mass is 10.0. The zero-order valence-electron chi connectivity index (χ0n) is 9.92. The fraction of sp³-hybridized carbons (Fsp3) is 0.583. The number of amides is 1. The highest BCUT2D eigenvalue weighted by molar-refractivity contribution is 9.11. The predicted octanol–water partition coefficient (Wildman–Crippen LogP) is 4.07. The first-order chi connectivity index (χ1) is 7.52. The van der Waals surface area contributed by atoms with Crippen molar-refractivity contribution in [1.82, 2.24) is 5.32 Å². The first-order valence-electron chi connectivity index (χ1n) is 5.57. The van der Waals surface area contributed by atoms with Crippen LogP contribution in [0.5, 0.6) is 0 Å². The maximum atomic E-state index is 11.8. The fourth-order valence-corrected chi connectivity index (χ4v) is 2.70. The van der Waals surface area contributed by atoms with Crippen LogP contribution in [0.2, 0.25) is 0 Å². The number of carbonyl (C=O) groups is 1. The van der Waals surface area contributed by atoms with Gasteiger partial charge in [0, 0.05) is 11.4 Å². The zero-order valence-corrected chi connectivity index (χ0v) is 12.3. The van der Waals surface area contributed by atoms with Crippen molar-refractivity contribution in [3.05, 3.63) is 20.8 Å². The Balaban J connectivity index is 2.45. The molecular weight excluding hydrogens is 286 g/mol. The Morgan fingerprint density at radius 2 is 2.25 bits per heavy atom. The maximum Gasteiger partial charge on any atom is 0.252 e. The summed E-state index contributed by atoms with van der Waals surface area (Å²) in [6.07, 6.45) is 2.19. The lowest BCUT2D eigenvalue weighted by molar-refractivity contribution is 0.0936. The molecule has 0 saturated heterocycles. The Labute approximate surface area is 110 Å². The van der Waals surface area contributed by atoms with Gasteiger partial charge in [-0.05, 0) is 41.3 Å². The SMILES string of the molecule is CCC(C)CC(C)NC(=O)c1csc(Br)c1. The van der Waals surface area contributed by atoms with Gasteiger partial charge in [0.05, 0.1) is 9.35 Å². The fourth-order valence-electron chi connectivity index (χ4n) is 1.57. The molecule has 16 heavy (non-hydrogen) atoms. The van der Waals surface area contributed by atoms with Gasteiger partial charge in [-0.25, -0.2) is 0 Å². The van der Waals surface area contributed by atoms with E-state index in [9.17, 15) is 4.79 Å². The van der Waals surface area contributed by atoms with Gasteiger partial charge in [0.2, 0.25) is 0 Å². The first-order valence-corrected chi connectivity index (χ1v) is 7.25. The van der Waals surface area contributed by atoms with Gasteiger partial charge in [0.15, 0.2) is 0 Å². The van der Waals surface area contributed by atoms with Gasteiger partial charge >= 0.3 is 0 Å². The summed E-state index contributed by atoms with van der Waals surface area (Å²) in [7, 11) is 0. The van der Waals surface area contributed by atoms with Crippen LogP contribution in [0.1, 0.15) is 44.0 Å². The van der Waals surface area contributed by atoms with Gasteiger partial charge in [-0.3, -0.25) is 4.79 Å². The molecule has 0 fully saturated rings. The summed E-state index contributed by atoms with van der Waals surface area (Å²) < 4.78 is 0.993. The van der Waals surface area contributed by atoms with E-state index < -0.39 is 0 Å². The highest BCUT2D eigenvalue weighted by Gasteiger charge is 2.12. The lowest BCUT2D eigenvalue weighted by Crippen LogP contribution is -2.33. The largest absolute Gasteiger partial charge is 0.350 e. The molecule has 1 N–H and O–H groups in total. The second kappa shape index (κ2) is 6.40. The summed E-state index contributed by atoms with van der Waals surface area (Å²) in [5.74, 6) is 0.683. The molecule has 2 unspecified atom stereocenters. The van der Waals surface area contributed by atoms with Gasteiger partial charge in [0.25, 0.3) is 5.91 Å². The molecule has 1 amide bonds. The number of halogens is 1. The van der Waals surface area contributed by atoms with Crippen molar-refractivity contribution in [2.75, 3.05) is 0 Å². The molecule has 0 bridgehead atoms. The van der Waals surface area contributed by atoms with Gasteiger partial charge in [0.1, 0.15) is 0 Å². The smallest absolute Gasteiger partial charge is 0.252 e. The molecule has 1 aromatic rings. The molecule has 0 aliphatic rings. The molecule has 90 valence electrons. The van der Waals surface area contributed by atoms with E-state index in [1.54, 1.807) is 0 Å². The minimum absolute atomic E-state index is 0.0257. The third-order valence-corrected chi connectivity index (χ3v) is 4.16. The summed E-state index contributed by atoms with van der Waals surface area (Å²) >= 11 is 4.89. The first kappa shape index (κ1) is 13.7. The minimum atomic E-state index is 0.0257. The quantitative estimate of drug-likeness (QED) is 0.873. The Morgan fingerprint density at radius 3 is 2.75 bits per heavy atom. The van der Waals surface area contributed by atoms with Crippen molar-refractivity contribution in [3.8, 4) is 0 Å². The van der Waals surface area contributed by atoms with Crippen molar-refractivity contribution >= 4 is 33.2 Å². The standard InChI is InChI=1S/C12H18BrNOS/c1-4-8(2)5-9(3)14-12(15)10-6-11(13)16-7-10/h6-9H,4-5H2,1-3H3,(H,14,15). The van der Waals surface area contributed by atoms with Crippen molar-refractivity contribution in [3.63, 3.8) is 0 Å². The topological polar surface area (TPSA) is 29.1 Å². The molecule has 0 aromatic carbocycles. The highest BCUT2D eigenvalue weighted by atomic mass is 79.9. The predicted molar refractivity (Wildman–Crippen MR) is 73.0 cm³/mol. The third-order valence-electron chi connectivity index (χ3n) is 2.66. The summed E-state index contributed by atoms with van der Waals surface area (Å²) in [6.45, 7) is 6.45. The second-order valence-corrected chi connectivity index (χ2v) is 6.55. The molecule has 0 spiro atoms. The highest BCUT2D eigenvalue weighted by Crippen LogP contribution is 2.20. The van der Waals surface area contributed by atoms with Crippen LogP contribution >= 0.6 is 27.3 Å². The van der Waals surface area contributed by atoms with Crippen LogP contribution in [0, 0.1) is 5.92 Å². The van der Waals surface area contributed by atoms with E-state index >= 15 is 0 Å². The summed E-state index contributed by atoms with van der Waals surface area (Å²) in [5.41, 5.74) is 0.743. The van der Waals surface area contributed by atoms with Crippen molar-refractivity contribution in [2.24, 2.45) is 5.92 Å². The Morgan fingerprint density at radius 1 is 1.56 bits per heavy atom. The normalized spacial score (nSPS) is 14.5. The van der Waals surface area contributed by atoms with E-state index in [1.165, 1.54) is 11.3 Å². The lowest BCUT2D eigenvalue weighted by Gasteiger charge is -2.17. The number of thiophene rings is 1. The molecule has 1 aromatic heterocycles. The van der Waals surface area contributed by atoms with Crippen molar-refractivity contribution < 1.29 is 4.79 Å². The molecule has 0 aliphatic carbocycles. The van der Waals surface area contributed by atoms with E-state index in [4.69, 9.17) is 0 Å². The Hall–Kier alpha value is -0.350. The molecule has 0 radical (unpaired) electrons. The molecule has 4 heteroatoms. The van der Waals surface area contributed by atoms with Crippen LogP contribution < -0.4 is 5.32 Å². The van der Waals surface area contributed by atoms with Crippen LogP contribution in [0.4, 0.5) is 0 Å². The third kappa shape index (κ3) is 4.26. The van der Waals surface area contributed by atoms with E-state index in [-0.39, 0.29) is 11.9 Å². The van der Waals surface area contributed by atoms with E-state index in [0.717, 1.165) is 22.2 Å². The van der Waals surface area contributed by atoms with Crippen LogP contribution in [-0.2, 0) is 0 Å². The van der Waals surface area contributed by atoms with Crippen molar-refractivity contribution in [1.29, 1.82) is 0 Å². The zero-order chi connectivity index (χ0) is 12.1. The van der Waals surface area contributed by atoms with Crippen LogP contribution in [0.15, 0.2) is 15.2 Å². The Bertz CT molecular complexity index is 351. The van der Waals surface area contributed by atoms with Gasteiger partial charge < -0.3 is 5.32 Å². The van der Waals surface area contributed by atoms with Crippen LogP contribution in [0.25, 0.3) is 0 Å². The van der Waals surface area contributed by atoms with Crippen molar-refractivity contribution in [2.45, 2.75) is 39.7 Å². The number of hydrogen-bond donors (Lipinski definition) is 1. The second-order valence-electron chi connectivity index (χ2n) is 4.26. The molecule has 1 rings (SSSR count). The molecule has 2 nitrogen and oxygen atoms in total. The number of carbonyl (C=O) groups excluding carboxylic acids is 1. The number of hydrogen-bond acceptors (Lipinski definition) is 2. The number of rotatable bonds is 5. The van der Waals surface area contributed by atoms with Crippen LogP contribution in [-0.4, -0.2) is 11.9 Å². The molecular formula is C12H18BrNOS. The summed E-state index contributed by atoms with van der Waals surface area (Å²) in [5, 5.41) is 4.89. The van der Waals surface area contributed by atoms with Gasteiger partial charge in [-0.2, -0.15) is 0 Å². The van der Waals surface area contributed by atoms with Gasteiger partial charge in [-0.15, -0.1) is 11.3 Å². The monoisotopic (exact) mass is 303 g/mol. The summed E-state index contributed by atoms with van der Waals surface area (Å²) in [6, 6.07) is 2.09. The number of nitrogens with one attached hydrogen (secondary N) is 1. The summed E-state index contributed by atoms with van der Waals surface area (Å²) in [4.78, 5) is 11.8.